The normalized spacial score (nSPS) is 10.8. The van der Waals surface area contributed by atoms with Gasteiger partial charge in [0, 0.05) is 18.8 Å². The van der Waals surface area contributed by atoms with Crippen molar-refractivity contribution in [3.05, 3.63) is 29.8 Å². The van der Waals surface area contributed by atoms with E-state index in [9.17, 15) is 0 Å². The third kappa shape index (κ3) is 5.22. The minimum absolute atomic E-state index is 0.555. The molecule has 0 unspecified atom stereocenters. The van der Waals surface area contributed by atoms with Crippen molar-refractivity contribution < 1.29 is 4.74 Å². The average Bonchev–Trinajstić information content (AvgIpc) is 2.34. The van der Waals surface area contributed by atoms with Crippen LogP contribution in [0.15, 0.2) is 24.3 Å². The van der Waals surface area contributed by atoms with E-state index in [1.165, 1.54) is 17.7 Å². The molecule has 0 radical (unpaired) electrons. The van der Waals surface area contributed by atoms with Gasteiger partial charge in [-0.25, -0.2) is 0 Å². The first-order chi connectivity index (χ1) is 8.25. The lowest BCUT2D eigenvalue weighted by Crippen LogP contribution is -2.11. The summed E-state index contributed by atoms with van der Waals surface area (Å²) in [6.07, 6.45) is 2.35. The molecular formula is C15H25NO. The van der Waals surface area contributed by atoms with Crippen molar-refractivity contribution in [3.63, 3.8) is 0 Å². The Bertz CT molecular complexity index is 310. The number of rotatable bonds is 8. The highest BCUT2D eigenvalue weighted by Crippen LogP contribution is 2.23. The number of benzene rings is 1. The molecule has 0 atom stereocenters. The molecular weight excluding hydrogens is 210 g/mol. The first-order valence-corrected chi connectivity index (χ1v) is 6.66. The summed E-state index contributed by atoms with van der Waals surface area (Å²) in [4.78, 5) is 0. The maximum absolute atomic E-state index is 5.53. The van der Waals surface area contributed by atoms with Gasteiger partial charge >= 0.3 is 0 Å². The zero-order valence-electron chi connectivity index (χ0n) is 11.3. The van der Waals surface area contributed by atoms with E-state index < -0.39 is 0 Å². The Labute approximate surface area is 105 Å². The number of nitrogens with one attached hydrogen (secondary N) is 1. The molecule has 0 heterocycles. The molecule has 0 aromatic heterocycles. The highest BCUT2D eigenvalue weighted by molar-refractivity contribution is 5.52. The van der Waals surface area contributed by atoms with E-state index in [-0.39, 0.29) is 0 Å². The van der Waals surface area contributed by atoms with E-state index in [2.05, 4.69) is 50.4 Å². The van der Waals surface area contributed by atoms with Crippen molar-refractivity contribution in [3.8, 4) is 0 Å². The van der Waals surface area contributed by atoms with Gasteiger partial charge in [0.1, 0.15) is 0 Å². The second kappa shape index (κ2) is 8.13. The smallest absolute Gasteiger partial charge is 0.0639 e. The maximum atomic E-state index is 5.53. The zero-order valence-corrected chi connectivity index (χ0v) is 11.3. The van der Waals surface area contributed by atoms with Crippen LogP contribution in [0.5, 0.6) is 0 Å². The molecule has 0 bridgehead atoms. The number of anilines is 1. The number of hydrogen-bond donors (Lipinski definition) is 1. The van der Waals surface area contributed by atoms with E-state index in [0.29, 0.717) is 5.92 Å². The monoisotopic (exact) mass is 235 g/mol. The number of ether oxygens (including phenoxy) is 1. The fourth-order valence-electron chi connectivity index (χ4n) is 1.77. The quantitative estimate of drug-likeness (QED) is 0.687. The largest absolute Gasteiger partial charge is 0.382 e. The SMILES string of the molecule is CCCCOCCNc1ccccc1C(C)C. The van der Waals surface area contributed by atoms with Crippen LogP contribution in [0.1, 0.15) is 45.1 Å². The Morgan fingerprint density at radius 1 is 1.18 bits per heavy atom. The Morgan fingerprint density at radius 2 is 1.94 bits per heavy atom. The summed E-state index contributed by atoms with van der Waals surface area (Å²) in [6, 6.07) is 8.50. The molecule has 0 aliphatic rings. The minimum atomic E-state index is 0.555. The number of unbranched alkanes of at least 4 members (excludes halogenated alkanes) is 1. The molecule has 1 rings (SSSR count). The van der Waals surface area contributed by atoms with Gasteiger partial charge in [0.15, 0.2) is 0 Å². The Kier molecular flexibility index (Phi) is 6.71. The summed E-state index contributed by atoms with van der Waals surface area (Å²) >= 11 is 0. The summed E-state index contributed by atoms with van der Waals surface area (Å²) in [5.74, 6) is 0.555. The van der Waals surface area contributed by atoms with Crippen LogP contribution in [0.3, 0.4) is 0 Å². The summed E-state index contributed by atoms with van der Waals surface area (Å²) < 4.78 is 5.53. The lowest BCUT2D eigenvalue weighted by Gasteiger charge is -2.14. The molecule has 1 aromatic rings. The molecule has 2 nitrogen and oxygen atoms in total. The molecule has 0 saturated heterocycles. The van der Waals surface area contributed by atoms with Gasteiger partial charge in [0.05, 0.1) is 6.61 Å². The van der Waals surface area contributed by atoms with E-state index in [0.717, 1.165) is 26.2 Å². The lowest BCUT2D eigenvalue weighted by atomic mass is 10.0. The summed E-state index contributed by atoms with van der Waals surface area (Å²) in [6.45, 7) is 9.17. The van der Waals surface area contributed by atoms with Gasteiger partial charge in [-0.3, -0.25) is 0 Å². The zero-order chi connectivity index (χ0) is 12.5. The topological polar surface area (TPSA) is 21.3 Å². The van der Waals surface area contributed by atoms with Gasteiger partial charge < -0.3 is 10.1 Å². The highest BCUT2D eigenvalue weighted by atomic mass is 16.5. The van der Waals surface area contributed by atoms with E-state index >= 15 is 0 Å². The van der Waals surface area contributed by atoms with Crippen molar-refractivity contribution in [2.45, 2.75) is 39.5 Å². The third-order valence-electron chi connectivity index (χ3n) is 2.79. The number of para-hydroxylation sites is 1. The molecule has 0 aliphatic carbocycles. The van der Waals surface area contributed by atoms with Gasteiger partial charge in [-0.2, -0.15) is 0 Å². The van der Waals surface area contributed by atoms with Crippen LogP contribution in [-0.2, 0) is 4.74 Å². The Morgan fingerprint density at radius 3 is 2.65 bits per heavy atom. The molecule has 0 fully saturated rings. The first-order valence-electron chi connectivity index (χ1n) is 6.66. The molecule has 2 heteroatoms. The highest BCUT2D eigenvalue weighted by Gasteiger charge is 2.04. The van der Waals surface area contributed by atoms with Gasteiger partial charge in [0.2, 0.25) is 0 Å². The van der Waals surface area contributed by atoms with Crippen LogP contribution < -0.4 is 5.32 Å². The predicted octanol–water partition coefficient (Wildman–Crippen LogP) is 4.04. The molecule has 96 valence electrons. The van der Waals surface area contributed by atoms with Crippen LogP contribution in [0.2, 0.25) is 0 Å². The van der Waals surface area contributed by atoms with Crippen molar-refractivity contribution in [1.29, 1.82) is 0 Å². The second-order valence-electron chi connectivity index (χ2n) is 4.63. The summed E-state index contributed by atoms with van der Waals surface area (Å²) in [7, 11) is 0. The van der Waals surface area contributed by atoms with Crippen LogP contribution in [0, 0.1) is 0 Å². The second-order valence-corrected chi connectivity index (χ2v) is 4.63. The van der Waals surface area contributed by atoms with Crippen LogP contribution >= 0.6 is 0 Å². The van der Waals surface area contributed by atoms with Gasteiger partial charge in [-0.1, -0.05) is 45.4 Å². The third-order valence-corrected chi connectivity index (χ3v) is 2.79. The van der Waals surface area contributed by atoms with Gasteiger partial charge in [-0.05, 0) is 24.0 Å². The molecule has 0 amide bonds. The standard InChI is InChI=1S/C15H25NO/c1-4-5-11-17-12-10-16-15-9-7-6-8-14(15)13(2)3/h6-9,13,16H,4-5,10-12H2,1-3H3. The van der Waals surface area contributed by atoms with E-state index in [1.807, 2.05) is 0 Å². The minimum Gasteiger partial charge on any atom is -0.382 e. The first kappa shape index (κ1) is 14.0. The summed E-state index contributed by atoms with van der Waals surface area (Å²) in [5.41, 5.74) is 2.61. The summed E-state index contributed by atoms with van der Waals surface area (Å²) in [5, 5.41) is 3.45. The molecule has 1 aromatic carbocycles. The van der Waals surface area contributed by atoms with Crippen molar-refractivity contribution in [2.24, 2.45) is 0 Å². The number of hydrogen-bond acceptors (Lipinski definition) is 2. The van der Waals surface area contributed by atoms with Crippen molar-refractivity contribution in [2.75, 3.05) is 25.1 Å². The average molecular weight is 235 g/mol. The van der Waals surface area contributed by atoms with E-state index in [4.69, 9.17) is 4.74 Å². The van der Waals surface area contributed by atoms with Crippen molar-refractivity contribution >= 4 is 5.69 Å². The van der Waals surface area contributed by atoms with Gasteiger partial charge in [0.25, 0.3) is 0 Å². The van der Waals surface area contributed by atoms with Crippen LogP contribution in [0.25, 0.3) is 0 Å². The van der Waals surface area contributed by atoms with Gasteiger partial charge in [-0.15, -0.1) is 0 Å². The van der Waals surface area contributed by atoms with Crippen molar-refractivity contribution in [1.82, 2.24) is 0 Å². The predicted molar refractivity (Wildman–Crippen MR) is 74.7 cm³/mol. The fraction of sp³-hybridized carbons (Fsp3) is 0.600. The molecule has 17 heavy (non-hydrogen) atoms. The molecule has 0 saturated carbocycles. The van der Waals surface area contributed by atoms with E-state index in [1.54, 1.807) is 0 Å². The molecule has 1 N–H and O–H groups in total. The molecule has 0 aliphatic heterocycles. The van der Waals surface area contributed by atoms with Crippen LogP contribution in [0.4, 0.5) is 5.69 Å². The Balaban J connectivity index is 2.31. The van der Waals surface area contributed by atoms with Crippen LogP contribution in [-0.4, -0.2) is 19.8 Å². The Hall–Kier alpha value is -1.02. The lowest BCUT2D eigenvalue weighted by molar-refractivity contribution is 0.141. The fourth-order valence-corrected chi connectivity index (χ4v) is 1.77. The maximum Gasteiger partial charge on any atom is 0.0639 e. The molecule has 0 spiro atoms.